The number of para-hydroxylation sites is 1. The maximum atomic E-state index is 12.2. The molecule has 0 spiro atoms. The van der Waals surface area contributed by atoms with E-state index in [9.17, 15) is 4.79 Å². The van der Waals surface area contributed by atoms with Gasteiger partial charge in [-0.3, -0.25) is 4.79 Å². The molecule has 4 aromatic rings. The normalized spacial score (nSPS) is 10.9. The second-order valence-corrected chi connectivity index (χ2v) is 7.39. The van der Waals surface area contributed by atoms with Crippen LogP contribution in [0.15, 0.2) is 60.8 Å². The van der Waals surface area contributed by atoms with Crippen LogP contribution in [0.5, 0.6) is 0 Å². The predicted octanol–water partition coefficient (Wildman–Crippen LogP) is 4.19. The van der Waals surface area contributed by atoms with Crippen LogP contribution in [-0.4, -0.2) is 34.1 Å². The van der Waals surface area contributed by atoms with Crippen LogP contribution in [0.3, 0.4) is 0 Å². The zero-order chi connectivity index (χ0) is 18.8. The summed E-state index contributed by atoms with van der Waals surface area (Å²) in [4.78, 5) is 19.4. The highest BCUT2D eigenvalue weighted by Gasteiger charge is 2.15. The van der Waals surface area contributed by atoms with E-state index in [0.29, 0.717) is 5.02 Å². The Bertz CT molecular complexity index is 1040. The van der Waals surface area contributed by atoms with Crippen molar-refractivity contribution in [3.8, 4) is 11.3 Å². The number of hydrogen-bond donors (Lipinski definition) is 1. The third-order valence-corrected chi connectivity index (χ3v) is 5.23. The lowest BCUT2D eigenvalue weighted by molar-refractivity contribution is -0.114. The number of carbonyl (C=O) groups is 1. The molecule has 0 bridgehead atoms. The SMILES string of the molecule is CN(CC(=O)Nc1ccccc1)c1nn2cc(-c3ccc(Cl)cc3)nc2s1. The van der Waals surface area contributed by atoms with Gasteiger partial charge in [-0.15, -0.1) is 5.10 Å². The first-order valence-corrected chi connectivity index (χ1v) is 9.46. The molecule has 0 saturated carbocycles. The molecule has 2 aromatic carbocycles. The third-order valence-electron chi connectivity index (χ3n) is 3.94. The number of likely N-dealkylation sites (N-methyl/N-ethyl adjacent to an activating group) is 1. The Kier molecular flexibility index (Phi) is 4.79. The fraction of sp³-hybridized carbons (Fsp3) is 0.105. The first-order chi connectivity index (χ1) is 13.1. The lowest BCUT2D eigenvalue weighted by atomic mass is 10.2. The molecule has 6 nitrogen and oxygen atoms in total. The smallest absolute Gasteiger partial charge is 0.243 e. The maximum Gasteiger partial charge on any atom is 0.243 e. The van der Waals surface area contributed by atoms with Gasteiger partial charge in [-0.1, -0.05) is 53.3 Å². The number of nitrogens with one attached hydrogen (secondary N) is 1. The zero-order valence-corrected chi connectivity index (χ0v) is 16.0. The van der Waals surface area contributed by atoms with Crippen molar-refractivity contribution in [1.82, 2.24) is 14.6 Å². The molecule has 8 heteroatoms. The summed E-state index contributed by atoms with van der Waals surface area (Å²) in [5.41, 5.74) is 2.59. The number of rotatable bonds is 5. The van der Waals surface area contributed by atoms with Gasteiger partial charge < -0.3 is 10.2 Å². The monoisotopic (exact) mass is 397 g/mol. The molecule has 2 aromatic heterocycles. The Balaban J connectivity index is 1.46. The average molecular weight is 398 g/mol. The van der Waals surface area contributed by atoms with E-state index in [4.69, 9.17) is 11.6 Å². The van der Waals surface area contributed by atoms with E-state index in [-0.39, 0.29) is 12.5 Å². The van der Waals surface area contributed by atoms with Crippen molar-refractivity contribution in [3.63, 3.8) is 0 Å². The molecule has 136 valence electrons. The Morgan fingerprint density at radius 3 is 2.63 bits per heavy atom. The first kappa shape index (κ1) is 17.5. The number of nitrogens with zero attached hydrogens (tertiary/aromatic N) is 4. The van der Waals surface area contributed by atoms with E-state index in [1.807, 2.05) is 67.8 Å². The van der Waals surface area contributed by atoms with Gasteiger partial charge in [0.1, 0.15) is 0 Å². The van der Waals surface area contributed by atoms with Gasteiger partial charge in [-0.25, -0.2) is 9.50 Å². The summed E-state index contributed by atoms with van der Waals surface area (Å²) in [6, 6.07) is 16.9. The standard InChI is InChI=1S/C19H16ClN5OS/c1-24(12-17(26)21-15-5-3-2-4-6-15)19-23-25-11-16(22-18(25)27-19)13-7-9-14(20)10-8-13/h2-11H,12H2,1H3,(H,21,26). The number of amides is 1. The number of hydrogen-bond acceptors (Lipinski definition) is 5. The van der Waals surface area contributed by atoms with Crippen LogP contribution in [0.2, 0.25) is 5.02 Å². The lowest BCUT2D eigenvalue weighted by Crippen LogP contribution is -2.30. The molecule has 0 saturated heterocycles. The molecule has 0 radical (unpaired) electrons. The van der Waals surface area contributed by atoms with Crippen molar-refractivity contribution in [2.75, 3.05) is 23.8 Å². The minimum absolute atomic E-state index is 0.0987. The van der Waals surface area contributed by atoms with Crippen molar-refractivity contribution in [1.29, 1.82) is 0 Å². The molecule has 0 fully saturated rings. The summed E-state index contributed by atoms with van der Waals surface area (Å²) >= 11 is 7.36. The molecule has 1 N–H and O–H groups in total. The third kappa shape index (κ3) is 3.94. The fourth-order valence-electron chi connectivity index (χ4n) is 2.61. The number of benzene rings is 2. The van der Waals surface area contributed by atoms with Gasteiger partial charge in [0.15, 0.2) is 0 Å². The minimum Gasteiger partial charge on any atom is -0.340 e. The van der Waals surface area contributed by atoms with Crippen LogP contribution in [0.4, 0.5) is 10.8 Å². The molecule has 27 heavy (non-hydrogen) atoms. The van der Waals surface area contributed by atoms with Gasteiger partial charge >= 0.3 is 0 Å². The Morgan fingerprint density at radius 2 is 1.93 bits per heavy atom. The average Bonchev–Trinajstić information content (AvgIpc) is 3.22. The summed E-state index contributed by atoms with van der Waals surface area (Å²) in [5, 5.41) is 8.81. The number of aromatic nitrogens is 3. The second kappa shape index (κ2) is 7.38. The van der Waals surface area contributed by atoms with Crippen LogP contribution in [0.1, 0.15) is 0 Å². The molecule has 2 heterocycles. The van der Waals surface area contributed by atoms with Gasteiger partial charge in [0.25, 0.3) is 0 Å². The number of imidazole rings is 1. The van der Waals surface area contributed by atoms with E-state index in [0.717, 1.165) is 27.0 Å². The summed E-state index contributed by atoms with van der Waals surface area (Å²) in [6.45, 7) is 0.204. The van der Waals surface area contributed by atoms with Crippen LogP contribution in [-0.2, 0) is 4.79 Å². The van der Waals surface area contributed by atoms with E-state index in [1.54, 1.807) is 9.42 Å². The molecule has 0 aliphatic heterocycles. The van der Waals surface area contributed by atoms with Gasteiger partial charge in [-0.2, -0.15) is 0 Å². The summed E-state index contributed by atoms with van der Waals surface area (Å²) in [7, 11) is 1.84. The number of halogens is 1. The molecule has 0 unspecified atom stereocenters. The maximum absolute atomic E-state index is 12.2. The summed E-state index contributed by atoms with van der Waals surface area (Å²) < 4.78 is 1.73. The number of anilines is 2. The first-order valence-electron chi connectivity index (χ1n) is 8.27. The lowest BCUT2D eigenvalue weighted by Gasteiger charge is -2.14. The van der Waals surface area contributed by atoms with Crippen LogP contribution >= 0.6 is 22.9 Å². The summed E-state index contributed by atoms with van der Waals surface area (Å²) in [5.74, 6) is -0.0987. The number of fused-ring (bicyclic) bond motifs is 1. The van der Waals surface area contributed by atoms with Gasteiger partial charge in [-0.05, 0) is 24.3 Å². The zero-order valence-electron chi connectivity index (χ0n) is 14.5. The molecule has 0 aliphatic carbocycles. The highest BCUT2D eigenvalue weighted by Crippen LogP contribution is 2.26. The van der Waals surface area contributed by atoms with Gasteiger partial charge in [0.05, 0.1) is 18.4 Å². The van der Waals surface area contributed by atoms with Gasteiger partial charge in [0, 0.05) is 23.3 Å². The minimum atomic E-state index is -0.0987. The molecular weight excluding hydrogens is 382 g/mol. The fourth-order valence-corrected chi connectivity index (χ4v) is 3.58. The Morgan fingerprint density at radius 1 is 1.19 bits per heavy atom. The van der Waals surface area contributed by atoms with E-state index in [2.05, 4.69) is 15.4 Å². The second-order valence-electron chi connectivity index (χ2n) is 6.02. The highest BCUT2D eigenvalue weighted by atomic mass is 35.5. The molecular formula is C19H16ClN5OS. The topological polar surface area (TPSA) is 62.5 Å². The molecule has 1 amide bonds. The van der Waals surface area contributed by atoms with Crippen molar-refractivity contribution < 1.29 is 4.79 Å². The molecule has 0 aliphatic rings. The summed E-state index contributed by atoms with van der Waals surface area (Å²) in [6.07, 6.45) is 1.87. The van der Waals surface area contributed by atoms with Crippen LogP contribution in [0, 0.1) is 0 Å². The van der Waals surface area contributed by atoms with Crippen molar-refractivity contribution in [3.05, 3.63) is 65.8 Å². The largest absolute Gasteiger partial charge is 0.340 e. The number of carbonyl (C=O) groups excluding carboxylic acids is 1. The Labute approximate surface area is 165 Å². The Hall–Kier alpha value is -2.90. The van der Waals surface area contributed by atoms with Crippen LogP contribution < -0.4 is 10.2 Å². The van der Waals surface area contributed by atoms with Crippen molar-refractivity contribution in [2.24, 2.45) is 0 Å². The molecule has 0 atom stereocenters. The predicted molar refractivity (Wildman–Crippen MR) is 110 cm³/mol. The van der Waals surface area contributed by atoms with Gasteiger partial charge in [0.2, 0.25) is 16.0 Å². The van der Waals surface area contributed by atoms with E-state index in [1.165, 1.54) is 11.3 Å². The van der Waals surface area contributed by atoms with Crippen molar-refractivity contribution in [2.45, 2.75) is 0 Å². The molecule has 4 rings (SSSR count). The van der Waals surface area contributed by atoms with E-state index < -0.39 is 0 Å². The van der Waals surface area contributed by atoms with Crippen LogP contribution in [0.25, 0.3) is 16.2 Å². The highest BCUT2D eigenvalue weighted by molar-refractivity contribution is 7.20. The van der Waals surface area contributed by atoms with Crippen molar-refractivity contribution >= 4 is 44.6 Å². The quantitative estimate of drug-likeness (QED) is 0.548. The van der Waals surface area contributed by atoms with E-state index >= 15 is 0 Å².